The molecule has 0 spiro atoms. The van der Waals surface area contributed by atoms with Gasteiger partial charge in [-0.05, 0) is 48.4 Å². The molecule has 37 heavy (non-hydrogen) atoms. The molecule has 4 heterocycles. The van der Waals surface area contributed by atoms with Gasteiger partial charge in [-0.25, -0.2) is 23.7 Å². The summed E-state index contributed by atoms with van der Waals surface area (Å²) in [7, 11) is 0. The third-order valence-electron chi connectivity index (χ3n) is 6.11. The number of pyridine rings is 1. The number of alkyl halides is 3. The molecule has 0 aliphatic carbocycles. The van der Waals surface area contributed by atoms with Crippen molar-refractivity contribution in [1.29, 1.82) is 0 Å². The molecule has 1 aromatic carbocycles. The maximum Gasteiger partial charge on any atom is 0.408 e. The van der Waals surface area contributed by atoms with E-state index in [0.29, 0.717) is 10.4 Å². The summed E-state index contributed by atoms with van der Waals surface area (Å²) in [5, 5.41) is 6.25. The summed E-state index contributed by atoms with van der Waals surface area (Å²) >= 11 is 0. The molecular formula is C25H25F4N7O. The number of nitrogens with zero attached hydrogens (tertiary/aromatic N) is 5. The Morgan fingerprint density at radius 1 is 1.08 bits per heavy atom. The van der Waals surface area contributed by atoms with Crippen LogP contribution in [0.25, 0.3) is 16.9 Å². The zero-order valence-corrected chi connectivity index (χ0v) is 20.4. The maximum absolute atomic E-state index is 14.5. The SMILES string of the molecule is CC(C)(C)c1nc(-n2c3nc(Nc4ccc5c(c4)CNCC5)ncc3c(=O)n2CC(F)(F)F)ccc1F. The molecule has 1 aliphatic heterocycles. The van der Waals surface area contributed by atoms with Crippen LogP contribution in [0.4, 0.5) is 29.2 Å². The number of anilines is 2. The fourth-order valence-electron chi connectivity index (χ4n) is 4.40. The Balaban J connectivity index is 1.66. The van der Waals surface area contributed by atoms with Gasteiger partial charge in [-0.1, -0.05) is 26.8 Å². The lowest BCUT2D eigenvalue weighted by atomic mass is 9.91. The summed E-state index contributed by atoms with van der Waals surface area (Å²) in [5.74, 6) is -0.573. The number of hydrogen-bond donors (Lipinski definition) is 2. The Morgan fingerprint density at radius 2 is 1.86 bits per heavy atom. The summed E-state index contributed by atoms with van der Waals surface area (Å²) < 4.78 is 56.4. The fourth-order valence-corrected chi connectivity index (χ4v) is 4.40. The minimum Gasteiger partial charge on any atom is -0.324 e. The summed E-state index contributed by atoms with van der Waals surface area (Å²) in [6.07, 6.45) is -2.60. The second-order valence-electron chi connectivity index (χ2n) is 10.0. The molecule has 0 atom stereocenters. The van der Waals surface area contributed by atoms with Crippen molar-refractivity contribution < 1.29 is 17.6 Å². The van der Waals surface area contributed by atoms with Crippen molar-refractivity contribution in [3.8, 4) is 5.82 Å². The van der Waals surface area contributed by atoms with Crippen molar-refractivity contribution in [2.45, 2.75) is 51.9 Å². The van der Waals surface area contributed by atoms with Gasteiger partial charge >= 0.3 is 6.18 Å². The monoisotopic (exact) mass is 515 g/mol. The number of hydrogen-bond acceptors (Lipinski definition) is 6. The Labute approximate surface area is 209 Å². The van der Waals surface area contributed by atoms with Crippen molar-refractivity contribution in [2.75, 3.05) is 11.9 Å². The van der Waals surface area contributed by atoms with Crippen LogP contribution in [0.3, 0.4) is 0 Å². The molecule has 0 saturated heterocycles. The van der Waals surface area contributed by atoms with Crippen LogP contribution in [0.15, 0.2) is 41.3 Å². The minimum atomic E-state index is -4.70. The highest BCUT2D eigenvalue weighted by Crippen LogP contribution is 2.27. The molecule has 0 fully saturated rings. The molecule has 0 radical (unpaired) electrons. The normalized spacial score (nSPS) is 14.1. The molecule has 4 aromatic rings. The molecule has 0 bridgehead atoms. The number of halogens is 4. The van der Waals surface area contributed by atoms with E-state index in [1.807, 2.05) is 18.2 Å². The van der Waals surface area contributed by atoms with E-state index in [1.165, 1.54) is 17.8 Å². The molecule has 0 amide bonds. The standard InChI is InChI=1S/C25H25F4N7O/c1-24(2,3)20-18(26)6-7-19(33-20)36-21-17(22(37)35(36)13-25(27,28)29)12-31-23(34-21)32-16-5-4-14-8-9-30-11-15(14)10-16/h4-7,10,12,30H,8-9,11,13H2,1-3H3,(H,31,32,34). The number of aromatic nitrogens is 5. The van der Waals surface area contributed by atoms with Crippen LogP contribution in [-0.4, -0.2) is 37.0 Å². The Morgan fingerprint density at radius 3 is 2.59 bits per heavy atom. The molecule has 5 rings (SSSR count). The lowest BCUT2D eigenvalue weighted by Crippen LogP contribution is -2.31. The van der Waals surface area contributed by atoms with Gasteiger partial charge in [0.1, 0.15) is 17.7 Å². The summed E-state index contributed by atoms with van der Waals surface area (Å²) in [4.78, 5) is 25.9. The highest BCUT2D eigenvalue weighted by Gasteiger charge is 2.32. The molecule has 3 aromatic heterocycles. The highest BCUT2D eigenvalue weighted by atomic mass is 19.4. The second-order valence-corrected chi connectivity index (χ2v) is 10.0. The van der Waals surface area contributed by atoms with Crippen LogP contribution in [-0.2, 0) is 24.9 Å². The summed E-state index contributed by atoms with van der Waals surface area (Å²) in [6.45, 7) is 5.25. The van der Waals surface area contributed by atoms with Gasteiger partial charge in [0.15, 0.2) is 11.5 Å². The van der Waals surface area contributed by atoms with Gasteiger partial charge in [-0.3, -0.25) is 4.79 Å². The van der Waals surface area contributed by atoms with Gasteiger partial charge in [-0.2, -0.15) is 18.2 Å². The highest BCUT2D eigenvalue weighted by molar-refractivity contribution is 5.77. The lowest BCUT2D eigenvalue weighted by Gasteiger charge is -2.20. The summed E-state index contributed by atoms with van der Waals surface area (Å²) in [6, 6.07) is 8.18. The van der Waals surface area contributed by atoms with Crippen LogP contribution in [0, 0.1) is 5.82 Å². The van der Waals surface area contributed by atoms with Crippen LogP contribution in [0.5, 0.6) is 0 Å². The summed E-state index contributed by atoms with van der Waals surface area (Å²) in [5.41, 5.74) is 1.36. The van der Waals surface area contributed by atoms with Gasteiger partial charge in [0, 0.05) is 23.8 Å². The fraction of sp³-hybridized carbons (Fsp3) is 0.360. The first-order chi connectivity index (χ1) is 17.4. The smallest absolute Gasteiger partial charge is 0.324 e. The quantitative estimate of drug-likeness (QED) is 0.393. The van der Waals surface area contributed by atoms with Crippen molar-refractivity contribution in [1.82, 2.24) is 29.6 Å². The van der Waals surface area contributed by atoms with Crippen LogP contribution in [0.2, 0.25) is 0 Å². The second kappa shape index (κ2) is 8.94. The third-order valence-corrected chi connectivity index (χ3v) is 6.11. The Kier molecular flexibility index (Phi) is 6.01. The van der Waals surface area contributed by atoms with E-state index in [4.69, 9.17) is 0 Å². The van der Waals surface area contributed by atoms with Gasteiger partial charge in [0.05, 0.1) is 5.69 Å². The average molecular weight is 516 g/mol. The first-order valence-corrected chi connectivity index (χ1v) is 11.7. The Hall–Kier alpha value is -3.80. The molecule has 0 unspecified atom stereocenters. The molecule has 8 nitrogen and oxygen atoms in total. The van der Waals surface area contributed by atoms with Crippen molar-refractivity contribution in [3.05, 3.63) is 69.5 Å². The lowest BCUT2D eigenvalue weighted by molar-refractivity contribution is -0.144. The molecule has 12 heteroatoms. The van der Waals surface area contributed by atoms with E-state index in [-0.39, 0.29) is 28.5 Å². The molecule has 194 valence electrons. The van der Waals surface area contributed by atoms with Crippen LogP contribution < -0.4 is 16.2 Å². The zero-order chi connectivity index (χ0) is 26.5. The number of rotatable bonds is 4. The largest absolute Gasteiger partial charge is 0.408 e. The van der Waals surface area contributed by atoms with E-state index >= 15 is 0 Å². The Bertz CT molecular complexity index is 1550. The minimum absolute atomic E-state index is 0.0490. The number of fused-ring (bicyclic) bond motifs is 2. The van der Waals surface area contributed by atoms with E-state index < -0.39 is 29.5 Å². The number of benzene rings is 1. The molecule has 0 saturated carbocycles. The predicted octanol–water partition coefficient (Wildman–Crippen LogP) is 4.37. The topological polar surface area (TPSA) is 89.7 Å². The van der Waals surface area contributed by atoms with Crippen LogP contribution >= 0.6 is 0 Å². The van der Waals surface area contributed by atoms with E-state index in [0.717, 1.165) is 35.8 Å². The first kappa shape index (κ1) is 24.9. The molecule has 1 aliphatic rings. The molecular weight excluding hydrogens is 490 g/mol. The van der Waals surface area contributed by atoms with E-state index in [1.54, 1.807) is 20.8 Å². The van der Waals surface area contributed by atoms with Gasteiger partial charge in [-0.15, -0.1) is 0 Å². The number of nitrogens with one attached hydrogen (secondary N) is 2. The first-order valence-electron chi connectivity index (χ1n) is 11.7. The van der Waals surface area contributed by atoms with Gasteiger partial charge in [0.25, 0.3) is 5.56 Å². The van der Waals surface area contributed by atoms with Gasteiger partial charge < -0.3 is 10.6 Å². The van der Waals surface area contributed by atoms with Crippen molar-refractivity contribution >= 4 is 22.7 Å². The predicted molar refractivity (Wildman–Crippen MR) is 131 cm³/mol. The van der Waals surface area contributed by atoms with Crippen LogP contribution in [0.1, 0.15) is 37.6 Å². The third kappa shape index (κ3) is 4.93. The average Bonchev–Trinajstić information content (AvgIpc) is 3.08. The van der Waals surface area contributed by atoms with Gasteiger partial charge in [0.2, 0.25) is 5.95 Å². The molecule has 2 N–H and O–H groups in total. The van der Waals surface area contributed by atoms with E-state index in [9.17, 15) is 22.4 Å². The maximum atomic E-state index is 14.5. The zero-order valence-electron chi connectivity index (χ0n) is 20.4. The van der Waals surface area contributed by atoms with Crippen molar-refractivity contribution in [3.63, 3.8) is 0 Å². The van der Waals surface area contributed by atoms with E-state index in [2.05, 4.69) is 25.6 Å². The van der Waals surface area contributed by atoms with Crippen molar-refractivity contribution in [2.24, 2.45) is 0 Å².